The van der Waals surface area contributed by atoms with E-state index in [0.717, 1.165) is 0 Å². The van der Waals surface area contributed by atoms with Gasteiger partial charge in [-0.05, 0) is 25.5 Å². The predicted octanol–water partition coefficient (Wildman–Crippen LogP) is 0.520. The molecule has 0 aromatic carbocycles. The van der Waals surface area contributed by atoms with Crippen LogP contribution in [0.1, 0.15) is 25.5 Å². The van der Waals surface area contributed by atoms with Crippen LogP contribution in [0.3, 0.4) is 0 Å². The van der Waals surface area contributed by atoms with E-state index in [0.29, 0.717) is 18.7 Å². The van der Waals surface area contributed by atoms with E-state index >= 15 is 0 Å². The van der Waals surface area contributed by atoms with E-state index in [4.69, 9.17) is 4.42 Å². The lowest BCUT2D eigenvalue weighted by Gasteiger charge is -2.28. The van der Waals surface area contributed by atoms with Crippen molar-refractivity contribution in [2.75, 3.05) is 0 Å². The van der Waals surface area contributed by atoms with Gasteiger partial charge in [0.2, 0.25) is 11.8 Å². The number of hydrogen-bond acceptors (Lipinski definition) is 4. The van der Waals surface area contributed by atoms with Crippen molar-refractivity contribution in [2.24, 2.45) is 5.92 Å². The van der Waals surface area contributed by atoms with Gasteiger partial charge in [-0.15, -0.1) is 0 Å². The van der Waals surface area contributed by atoms with Crippen molar-refractivity contribution in [1.29, 1.82) is 0 Å². The van der Waals surface area contributed by atoms with E-state index in [2.05, 4.69) is 16.0 Å². The quantitative estimate of drug-likeness (QED) is 0.731. The van der Waals surface area contributed by atoms with E-state index < -0.39 is 6.03 Å². The summed E-state index contributed by atoms with van der Waals surface area (Å²) in [6, 6.07) is 2.76. The molecule has 0 saturated carbocycles. The number of amides is 4. The first-order chi connectivity index (χ1) is 9.56. The number of carbonyl (C=O) groups excluding carboxylic acids is 3. The smallest absolute Gasteiger partial charge is 0.321 e. The molecular formula is C13H17N3O4. The molecule has 3 N–H and O–H groups in total. The SMILES string of the molecule is CC1NC(=O)NC(=O)C1CCC(=O)NCc1ccco1. The number of carbonyl (C=O) groups is 3. The second-order valence-electron chi connectivity index (χ2n) is 4.75. The summed E-state index contributed by atoms with van der Waals surface area (Å²) in [5.74, 6) is -0.199. The Labute approximate surface area is 116 Å². The first-order valence-corrected chi connectivity index (χ1v) is 6.46. The fraction of sp³-hybridized carbons (Fsp3) is 0.462. The Balaban J connectivity index is 1.75. The Bertz CT molecular complexity index is 498. The molecule has 20 heavy (non-hydrogen) atoms. The maximum atomic E-state index is 11.7. The van der Waals surface area contributed by atoms with Gasteiger partial charge in [0.25, 0.3) is 0 Å². The van der Waals surface area contributed by atoms with Gasteiger partial charge in [-0.1, -0.05) is 0 Å². The van der Waals surface area contributed by atoms with Crippen LogP contribution in [0.4, 0.5) is 4.79 Å². The third-order valence-electron chi connectivity index (χ3n) is 3.26. The summed E-state index contributed by atoms with van der Waals surface area (Å²) in [7, 11) is 0. The topological polar surface area (TPSA) is 100 Å². The Morgan fingerprint density at radius 2 is 2.25 bits per heavy atom. The zero-order valence-electron chi connectivity index (χ0n) is 11.1. The van der Waals surface area contributed by atoms with E-state index in [9.17, 15) is 14.4 Å². The number of rotatable bonds is 5. The average Bonchev–Trinajstić information content (AvgIpc) is 2.88. The lowest BCUT2D eigenvalue weighted by atomic mass is 9.93. The molecule has 108 valence electrons. The van der Waals surface area contributed by atoms with Crippen LogP contribution in [-0.2, 0) is 16.1 Å². The van der Waals surface area contributed by atoms with Crippen LogP contribution in [-0.4, -0.2) is 23.9 Å². The highest BCUT2D eigenvalue weighted by Gasteiger charge is 2.32. The molecule has 7 nitrogen and oxygen atoms in total. The lowest BCUT2D eigenvalue weighted by Crippen LogP contribution is -2.57. The molecule has 1 aliphatic rings. The lowest BCUT2D eigenvalue weighted by molar-refractivity contribution is -0.126. The number of hydrogen-bond donors (Lipinski definition) is 3. The minimum atomic E-state index is -0.485. The summed E-state index contributed by atoms with van der Waals surface area (Å²) < 4.78 is 5.10. The summed E-state index contributed by atoms with van der Waals surface area (Å²) >= 11 is 0. The Kier molecular flexibility index (Phi) is 4.39. The predicted molar refractivity (Wildman–Crippen MR) is 69.4 cm³/mol. The molecule has 2 heterocycles. The molecule has 4 amide bonds. The van der Waals surface area contributed by atoms with Crippen molar-refractivity contribution >= 4 is 17.8 Å². The molecule has 0 radical (unpaired) electrons. The highest BCUT2D eigenvalue weighted by molar-refractivity contribution is 5.98. The summed E-state index contributed by atoms with van der Waals surface area (Å²) in [4.78, 5) is 34.4. The second kappa shape index (κ2) is 6.23. The van der Waals surface area contributed by atoms with Gasteiger partial charge in [0, 0.05) is 12.5 Å². The van der Waals surface area contributed by atoms with Crippen LogP contribution in [0.25, 0.3) is 0 Å². The van der Waals surface area contributed by atoms with Gasteiger partial charge in [0.05, 0.1) is 18.7 Å². The van der Waals surface area contributed by atoms with Crippen LogP contribution >= 0.6 is 0 Å². The van der Waals surface area contributed by atoms with Gasteiger partial charge >= 0.3 is 6.03 Å². The largest absolute Gasteiger partial charge is 0.467 e. The Morgan fingerprint density at radius 3 is 2.90 bits per heavy atom. The molecule has 0 spiro atoms. The van der Waals surface area contributed by atoms with Crippen LogP contribution < -0.4 is 16.0 Å². The van der Waals surface area contributed by atoms with Crippen molar-refractivity contribution in [2.45, 2.75) is 32.4 Å². The molecule has 2 atom stereocenters. The summed E-state index contributed by atoms with van der Waals surface area (Å²) in [6.07, 6.45) is 2.15. The molecule has 2 rings (SSSR count). The molecule has 1 aliphatic heterocycles. The Hall–Kier alpha value is -2.31. The number of nitrogens with one attached hydrogen (secondary N) is 3. The van der Waals surface area contributed by atoms with E-state index in [1.165, 1.54) is 6.26 Å². The molecular weight excluding hydrogens is 262 g/mol. The Morgan fingerprint density at radius 1 is 1.45 bits per heavy atom. The van der Waals surface area contributed by atoms with Crippen molar-refractivity contribution in [3.8, 4) is 0 Å². The summed E-state index contributed by atoms with van der Waals surface area (Å²) in [5.41, 5.74) is 0. The standard InChI is InChI=1S/C13H17N3O4/c1-8-10(12(18)16-13(19)15-8)4-5-11(17)14-7-9-3-2-6-20-9/h2-3,6,8,10H,4-5,7H2,1H3,(H,14,17)(H2,15,16,18,19). The number of imide groups is 1. The fourth-order valence-electron chi connectivity index (χ4n) is 2.13. The number of furan rings is 1. The normalized spacial score (nSPS) is 22.1. The first-order valence-electron chi connectivity index (χ1n) is 6.46. The van der Waals surface area contributed by atoms with Crippen LogP contribution in [0, 0.1) is 5.92 Å². The highest BCUT2D eigenvalue weighted by Crippen LogP contribution is 2.15. The maximum absolute atomic E-state index is 11.7. The monoisotopic (exact) mass is 279 g/mol. The van der Waals surface area contributed by atoms with Gasteiger partial charge in [0.15, 0.2) is 0 Å². The van der Waals surface area contributed by atoms with Gasteiger partial charge in [0.1, 0.15) is 5.76 Å². The van der Waals surface area contributed by atoms with E-state index in [-0.39, 0.29) is 30.2 Å². The molecule has 7 heteroatoms. The minimum absolute atomic E-state index is 0.154. The summed E-state index contributed by atoms with van der Waals surface area (Å²) in [5, 5.41) is 7.53. The fourth-order valence-corrected chi connectivity index (χ4v) is 2.13. The molecule has 1 aromatic rings. The zero-order valence-corrected chi connectivity index (χ0v) is 11.1. The molecule has 1 saturated heterocycles. The highest BCUT2D eigenvalue weighted by atomic mass is 16.3. The first kappa shape index (κ1) is 14.1. The van der Waals surface area contributed by atoms with Crippen molar-refractivity contribution < 1.29 is 18.8 Å². The van der Waals surface area contributed by atoms with Gasteiger partial charge < -0.3 is 15.1 Å². The van der Waals surface area contributed by atoms with Gasteiger partial charge in [-0.3, -0.25) is 14.9 Å². The molecule has 2 unspecified atom stereocenters. The van der Waals surface area contributed by atoms with Crippen LogP contribution in [0.15, 0.2) is 22.8 Å². The maximum Gasteiger partial charge on any atom is 0.321 e. The second-order valence-corrected chi connectivity index (χ2v) is 4.75. The van der Waals surface area contributed by atoms with Gasteiger partial charge in [-0.25, -0.2) is 4.79 Å². The zero-order chi connectivity index (χ0) is 14.5. The molecule has 1 aromatic heterocycles. The molecule has 0 bridgehead atoms. The van der Waals surface area contributed by atoms with Crippen molar-refractivity contribution in [3.63, 3.8) is 0 Å². The van der Waals surface area contributed by atoms with Crippen molar-refractivity contribution in [3.05, 3.63) is 24.2 Å². The van der Waals surface area contributed by atoms with Crippen LogP contribution in [0.2, 0.25) is 0 Å². The van der Waals surface area contributed by atoms with Crippen LogP contribution in [0.5, 0.6) is 0 Å². The number of urea groups is 1. The van der Waals surface area contributed by atoms with E-state index in [1.807, 2.05) is 0 Å². The van der Waals surface area contributed by atoms with Gasteiger partial charge in [-0.2, -0.15) is 0 Å². The summed E-state index contributed by atoms with van der Waals surface area (Å²) in [6.45, 7) is 2.08. The molecule has 1 fully saturated rings. The van der Waals surface area contributed by atoms with Crippen molar-refractivity contribution in [1.82, 2.24) is 16.0 Å². The minimum Gasteiger partial charge on any atom is -0.467 e. The average molecular weight is 279 g/mol. The van der Waals surface area contributed by atoms with E-state index in [1.54, 1.807) is 19.1 Å². The third-order valence-corrected chi connectivity index (χ3v) is 3.26. The molecule has 0 aliphatic carbocycles. The third kappa shape index (κ3) is 3.59.